The van der Waals surface area contributed by atoms with Gasteiger partial charge in [-0.15, -0.1) is 0 Å². The van der Waals surface area contributed by atoms with E-state index < -0.39 is 0 Å². The summed E-state index contributed by atoms with van der Waals surface area (Å²) in [4.78, 5) is 0. The largest absolute Gasteiger partial charge is 1.00 e. The fraction of sp³-hybridized carbons (Fsp3) is 0.400. The average molecular weight is 463 g/mol. The minimum absolute atomic E-state index is 0. The van der Waals surface area contributed by atoms with Gasteiger partial charge in [0.2, 0.25) is 0 Å². The number of quaternary nitrogens is 2. The first-order chi connectivity index (χ1) is 10.2. The Kier molecular flexibility index (Phi) is 12.7. The highest BCUT2D eigenvalue weighted by Gasteiger charge is 2.07. The zero-order chi connectivity index (χ0) is 16.6. The monoisotopic (exact) mass is 462 g/mol. The van der Waals surface area contributed by atoms with E-state index in [9.17, 15) is 0 Å². The van der Waals surface area contributed by atoms with Gasteiger partial charge in [0.05, 0.1) is 42.3 Å². The van der Waals surface area contributed by atoms with Gasteiger partial charge in [-0.25, -0.2) is 0 Å². The van der Waals surface area contributed by atoms with Gasteiger partial charge in [0, 0.05) is 11.1 Å². The smallest absolute Gasteiger partial charge is 0.104 e. The Hall–Kier alpha value is -0.620. The lowest BCUT2D eigenvalue weighted by Gasteiger charge is -2.23. The molecule has 0 aliphatic carbocycles. The summed E-state index contributed by atoms with van der Waals surface area (Å²) in [6, 6.07) is 21.1. The van der Waals surface area contributed by atoms with Crippen molar-refractivity contribution in [3.63, 3.8) is 0 Å². The van der Waals surface area contributed by atoms with Crippen LogP contribution in [-0.4, -0.2) is 51.3 Å². The molecule has 24 heavy (non-hydrogen) atoms. The third-order valence-corrected chi connectivity index (χ3v) is 3.00. The molecule has 0 unspecified atom stereocenters. The minimum atomic E-state index is 0. The van der Waals surface area contributed by atoms with Crippen LogP contribution >= 0.6 is 0 Å². The standard InChI is InChI=1S/2C10H16N.ClH.HI/c2*1-11(2,3)9-10-7-5-4-6-8-10;;/h2*4-8H,9H2,1-3H3;2*1H/q2*+1;;/p-2. The van der Waals surface area contributed by atoms with Gasteiger partial charge in [-0.1, -0.05) is 60.7 Å². The maximum atomic E-state index is 2.20. The van der Waals surface area contributed by atoms with E-state index in [1.165, 1.54) is 11.1 Å². The lowest BCUT2D eigenvalue weighted by Crippen LogP contribution is -3.00. The SMILES string of the molecule is C[N+](C)(C)Cc1ccccc1.C[N+](C)(C)Cc1ccccc1.[Cl-].[I-]. The van der Waals surface area contributed by atoms with Crippen molar-refractivity contribution in [2.45, 2.75) is 13.1 Å². The predicted octanol–water partition coefficient (Wildman–Crippen LogP) is -2.21. The number of benzene rings is 2. The summed E-state index contributed by atoms with van der Waals surface area (Å²) in [7, 11) is 13.2. The molecule has 0 N–H and O–H groups in total. The van der Waals surface area contributed by atoms with Gasteiger partial charge in [0.25, 0.3) is 0 Å². The van der Waals surface area contributed by atoms with E-state index in [1.54, 1.807) is 0 Å². The van der Waals surface area contributed by atoms with Gasteiger partial charge in [-0.3, -0.25) is 0 Å². The molecule has 136 valence electrons. The Balaban J connectivity index is 0. The van der Waals surface area contributed by atoms with Crippen LogP contribution in [0.3, 0.4) is 0 Å². The summed E-state index contributed by atoms with van der Waals surface area (Å²) in [5, 5.41) is 0. The Bertz CT molecular complexity index is 480. The van der Waals surface area contributed by atoms with E-state index in [0.29, 0.717) is 0 Å². The normalized spacial score (nSPS) is 10.6. The molecule has 0 saturated heterocycles. The van der Waals surface area contributed by atoms with Crippen molar-refractivity contribution in [3.8, 4) is 0 Å². The van der Waals surface area contributed by atoms with Gasteiger partial charge >= 0.3 is 0 Å². The maximum absolute atomic E-state index is 2.20. The molecule has 0 aliphatic heterocycles. The molecule has 2 aromatic rings. The van der Waals surface area contributed by atoms with Crippen LogP contribution in [0.15, 0.2) is 60.7 Å². The Labute approximate surface area is 172 Å². The minimum Gasteiger partial charge on any atom is -1.00 e. The van der Waals surface area contributed by atoms with Gasteiger partial charge in [-0.2, -0.15) is 0 Å². The first-order valence-corrected chi connectivity index (χ1v) is 7.84. The molecule has 2 nitrogen and oxygen atoms in total. The zero-order valence-corrected chi connectivity index (χ0v) is 18.8. The lowest BCUT2D eigenvalue weighted by molar-refractivity contribution is -0.884. The van der Waals surface area contributed by atoms with Crippen LogP contribution in [0.2, 0.25) is 0 Å². The van der Waals surface area contributed by atoms with Gasteiger partial charge < -0.3 is 45.3 Å². The highest BCUT2D eigenvalue weighted by Crippen LogP contribution is 2.05. The summed E-state index contributed by atoms with van der Waals surface area (Å²) in [6.07, 6.45) is 0. The number of rotatable bonds is 4. The van der Waals surface area contributed by atoms with Crippen molar-refractivity contribution < 1.29 is 45.3 Å². The molecule has 0 aliphatic rings. The first kappa shape index (κ1) is 25.6. The third-order valence-electron chi connectivity index (χ3n) is 3.00. The molecule has 0 saturated carbocycles. The predicted molar refractivity (Wildman–Crippen MR) is 96.4 cm³/mol. The van der Waals surface area contributed by atoms with E-state index in [4.69, 9.17) is 0 Å². The molecular formula is C20H32ClIN2. The van der Waals surface area contributed by atoms with E-state index >= 15 is 0 Å². The Morgan fingerprint density at radius 1 is 0.542 bits per heavy atom. The maximum Gasteiger partial charge on any atom is 0.104 e. The molecule has 0 radical (unpaired) electrons. The second kappa shape index (κ2) is 11.9. The molecule has 2 rings (SSSR count). The summed E-state index contributed by atoms with van der Waals surface area (Å²) in [5.41, 5.74) is 2.81. The van der Waals surface area contributed by atoms with Crippen LogP contribution in [0.4, 0.5) is 0 Å². The van der Waals surface area contributed by atoms with Crippen LogP contribution in [0.25, 0.3) is 0 Å². The summed E-state index contributed by atoms with van der Waals surface area (Å²) in [6.45, 7) is 2.20. The van der Waals surface area contributed by atoms with Gasteiger partial charge in [0.1, 0.15) is 13.1 Å². The van der Waals surface area contributed by atoms with Crippen LogP contribution in [0, 0.1) is 0 Å². The molecule has 0 aromatic heterocycles. The summed E-state index contributed by atoms with van der Waals surface area (Å²) in [5.74, 6) is 0. The van der Waals surface area contributed by atoms with Crippen molar-refractivity contribution in [1.82, 2.24) is 0 Å². The fourth-order valence-electron chi connectivity index (χ4n) is 2.26. The van der Waals surface area contributed by atoms with Gasteiger partial charge in [0.15, 0.2) is 0 Å². The van der Waals surface area contributed by atoms with E-state index in [0.717, 1.165) is 22.1 Å². The topological polar surface area (TPSA) is 0 Å². The first-order valence-electron chi connectivity index (χ1n) is 7.84. The summed E-state index contributed by atoms with van der Waals surface area (Å²) >= 11 is 0. The van der Waals surface area contributed by atoms with Crippen LogP contribution in [-0.2, 0) is 13.1 Å². The van der Waals surface area contributed by atoms with Gasteiger partial charge in [-0.05, 0) is 0 Å². The molecule has 4 heteroatoms. The number of hydrogen-bond donors (Lipinski definition) is 0. The number of nitrogens with zero attached hydrogens (tertiary/aromatic N) is 2. The van der Waals surface area contributed by atoms with E-state index in [-0.39, 0.29) is 36.4 Å². The number of halogens is 2. The quantitative estimate of drug-likeness (QED) is 0.357. The molecule has 0 fully saturated rings. The molecule has 0 atom stereocenters. The van der Waals surface area contributed by atoms with Crippen LogP contribution in [0.1, 0.15) is 11.1 Å². The molecule has 0 amide bonds. The zero-order valence-electron chi connectivity index (χ0n) is 15.8. The highest BCUT2D eigenvalue weighted by atomic mass is 127. The molecule has 0 heterocycles. The Morgan fingerprint density at radius 3 is 1.00 bits per heavy atom. The lowest BCUT2D eigenvalue weighted by atomic mass is 10.2. The molecule has 0 bridgehead atoms. The second-order valence-electron chi connectivity index (χ2n) is 7.87. The molecule has 0 spiro atoms. The van der Waals surface area contributed by atoms with E-state index in [2.05, 4.69) is 103 Å². The van der Waals surface area contributed by atoms with Crippen molar-refractivity contribution in [3.05, 3.63) is 71.8 Å². The molecule has 2 aromatic carbocycles. The second-order valence-corrected chi connectivity index (χ2v) is 7.87. The highest BCUT2D eigenvalue weighted by molar-refractivity contribution is 5.13. The van der Waals surface area contributed by atoms with Crippen LogP contribution < -0.4 is 36.4 Å². The number of hydrogen-bond acceptors (Lipinski definition) is 0. The third kappa shape index (κ3) is 13.8. The van der Waals surface area contributed by atoms with E-state index in [1.807, 2.05) is 0 Å². The van der Waals surface area contributed by atoms with Crippen LogP contribution in [0.5, 0.6) is 0 Å². The van der Waals surface area contributed by atoms with Crippen molar-refractivity contribution in [2.75, 3.05) is 42.3 Å². The van der Waals surface area contributed by atoms with Crippen molar-refractivity contribution in [2.24, 2.45) is 0 Å². The fourth-order valence-corrected chi connectivity index (χ4v) is 2.26. The van der Waals surface area contributed by atoms with Crippen molar-refractivity contribution >= 4 is 0 Å². The molecular weight excluding hydrogens is 431 g/mol. The van der Waals surface area contributed by atoms with Crippen molar-refractivity contribution in [1.29, 1.82) is 0 Å². The average Bonchev–Trinajstić information content (AvgIpc) is 2.38. The summed E-state index contributed by atoms with van der Waals surface area (Å²) < 4.78 is 1.98. The Morgan fingerprint density at radius 2 is 0.792 bits per heavy atom.